The standard InChI is InChI=1S/C11H13NO6S/c1-7(10(13)14)12-19(16,17)11(15)8-5-3-4-6-9(8)18-2/h3-7,12H,1-2H3,(H,13,14)/t7-/m0/s1. The van der Waals surface area contributed by atoms with E-state index in [9.17, 15) is 18.0 Å². The van der Waals surface area contributed by atoms with Gasteiger partial charge in [-0.1, -0.05) is 12.1 Å². The average molecular weight is 287 g/mol. The number of aliphatic carboxylic acids is 1. The molecule has 0 aromatic heterocycles. The quantitative estimate of drug-likeness (QED) is 0.802. The van der Waals surface area contributed by atoms with Crippen LogP contribution in [0.2, 0.25) is 0 Å². The normalized spacial score (nSPS) is 12.7. The SMILES string of the molecule is COc1ccccc1C(=O)S(=O)(=O)N[C@@H](C)C(=O)O. The van der Waals surface area contributed by atoms with Crippen LogP contribution in [0.1, 0.15) is 17.3 Å². The topological polar surface area (TPSA) is 110 Å². The molecule has 2 N–H and O–H groups in total. The molecule has 0 amide bonds. The number of hydrogen-bond acceptors (Lipinski definition) is 5. The van der Waals surface area contributed by atoms with E-state index in [0.29, 0.717) is 0 Å². The number of benzene rings is 1. The van der Waals surface area contributed by atoms with E-state index in [2.05, 4.69) is 0 Å². The minimum atomic E-state index is -4.44. The van der Waals surface area contributed by atoms with Gasteiger partial charge in [0.1, 0.15) is 11.8 Å². The van der Waals surface area contributed by atoms with Gasteiger partial charge in [-0.3, -0.25) is 9.59 Å². The molecule has 1 aromatic carbocycles. The molecule has 0 unspecified atom stereocenters. The van der Waals surface area contributed by atoms with Gasteiger partial charge in [-0.15, -0.1) is 0 Å². The number of methoxy groups -OCH3 is 1. The van der Waals surface area contributed by atoms with Crippen molar-refractivity contribution in [3.63, 3.8) is 0 Å². The first kappa shape index (κ1) is 15.1. The Morgan fingerprint density at radius 3 is 2.42 bits per heavy atom. The molecule has 0 fully saturated rings. The lowest BCUT2D eigenvalue weighted by atomic mass is 10.2. The highest BCUT2D eigenvalue weighted by atomic mass is 32.2. The fourth-order valence-electron chi connectivity index (χ4n) is 1.29. The fourth-order valence-corrected chi connectivity index (χ4v) is 2.43. The molecule has 0 aliphatic carbocycles. The molecule has 0 bridgehead atoms. The molecule has 0 saturated heterocycles. The predicted molar refractivity (Wildman–Crippen MR) is 66.5 cm³/mol. The van der Waals surface area contributed by atoms with Gasteiger partial charge in [-0.2, -0.15) is 4.72 Å². The Kier molecular flexibility index (Phi) is 4.62. The molecule has 0 radical (unpaired) electrons. The van der Waals surface area contributed by atoms with Crippen LogP contribution in [0.25, 0.3) is 0 Å². The van der Waals surface area contributed by atoms with Crippen molar-refractivity contribution in [3.8, 4) is 5.75 Å². The second kappa shape index (κ2) is 5.81. The first-order valence-corrected chi connectivity index (χ1v) is 6.70. The van der Waals surface area contributed by atoms with E-state index in [1.165, 1.54) is 25.3 Å². The van der Waals surface area contributed by atoms with E-state index < -0.39 is 27.1 Å². The third-order valence-corrected chi connectivity index (χ3v) is 3.65. The zero-order valence-corrected chi connectivity index (χ0v) is 11.1. The van der Waals surface area contributed by atoms with E-state index in [0.717, 1.165) is 6.92 Å². The maximum Gasteiger partial charge on any atom is 0.321 e. The van der Waals surface area contributed by atoms with Crippen LogP contribution >= 0.6 is 0 Å². The van der Waals surface area contributed by atoms with Crippen molar-refractivity contribution in [1.29, 1.82) is 0 Å². The van der Waals surface area contributed by atoms with Crippen molar-refractivity contribution in [3.05, 3.63) is 29.8 Å². The second-order valence-electron chi connectivity index (χ2n) is 3.67. The molecule has 19 heavy (non-hydrogen) atoms. The summed E-state index contributed by atoms with van der Waals surface area (Å²) in [4.78, 5) is 22.5. The predicted octanol–water partition coefficient (Wildman–Crippen LogP) is 0.228. The highest BCUT2D eigenvalue weighted by molar-refractivity contribution is 8.05. The summed E-state index contributed by atoms with van der Waals surface area (Å²) in [6.07, 6.45) is 0. The first-order chi connectivity index (χ1) is 8.79. The van der Waals surface area contributed by atoms with Crippen molar-refractivity contribution in [1.82, 2.24) is 4.72 Å². The van der Waals surface area contributed by atoms with E-state index in [4.69, 9.17) is 9.84 Å². The lowest BCUT2D eigenvalue weighted by molar-refractivity contribution is -0.138. The summed E-state index contributed by atoms with van der Waals surface area (Å²) in [6, 6.07) is 4.38. The zero-order chi connectivity index (χ0) is 14.6. The maximum atomic E-state index is 11.9. The van der Waals surface area contributed by atoms with Crippen LogP contribution < -0.4 is 9.46 Å². The lowest BCUT2D eigenvalue weighted by Gasteiger charge is -2.11. The molecule has 0 aliphatic rings. The van der Waals surface area contributed by atoms with Gasteiger partial charge >= 0.3 is 5.97 Å². The van der Waals surface area contributed by atoms with Gasteiger partial charge in [0.25, 0.3) is 15.1 Å². The van der Waals surface area contributed by atoms with E-state index in [-0.39, 0.29) is 11.3 Å². The van der Waals surface area contributed by atoms with Crippen LogP contribution in [0.15, 0.2) is 24.3 Å². The Balaban J connectivity index is 3.08. The number of ether oxygens (including phenoxy) is 1. The number of carbonyl (C=O) groups excluding carboxylic acids is 1. The Bertz CT molecular complexity index is 595. The van der Waals surface area contributed by atoms with E-state index in [1.54, 1.807) is 10.8 Å². The summed E-state index contributed by atoms with van der Waals surface area (Å²) in [5.41, 5.74) is -0.157. The van der Waals surface area contributed by atoms with Crippen LogP contribution in [-0.4, -0.2) is 37.8 Å². The van der Waals surface area contributed by atoms with E-state index in [1.807, 2.05) is 0 Å². The molecule has 1 aromatic rings. The summed E-state index contributed by atoms with van der Waals surface area (Å²) in [7, 11) is -3.14. The number of hydrogen-bond donors (Lipinski definition) is 2. The molecule has 0 heterocycles. The van der Waals surface area contributed by atoms with Gasteiger partial charge in [0.05, 0.1) is 12.7 Å². The molecule has 104 valence electrons. The van der Waals surface area contributed by atoms with Crippen LogP contribution in [0.3, 0.4) is 0 Å². The van der Waals surface area contributed by atoms with Gasteiger partial charge in [0.2, 0.25) is 0 Å². The molecule has 0 saturated carbocycles. The molecule has 1 rings (SSSR count). The number of para-hydroxylation sites is 1. The van der Waals surface area contributed by atoms with Crippen molar-refractivity contribution < 1.29 is 27.9 Å². The largest absolute Gasteiger partial charge is 0.496 e. The van der Waals surface area contributed by atoms with Gasteiger partial charge in [0, 0.05) is 0 Å². The highest BCUT2D eigenvalue weighted by Crippen LogP contribution is 2.19. The molecule has 0 aliphatic heterocycles. The van der Waals surface area contributed by atoms with E-state index >= 15 is 0 Å². The number of carbonyl (C=O) groups is 2. The molecule has 8 heteroatoms. The Morgan fingerprint density at radius 1 is 1.32 bits per heavy atom. The summed E-state index contributed by atoms with van der Waals surface area (Å²) >= 11 is 0. The average Bonchev–Trinajstić information content (AvgIpc) is 2.37. The molecule has 7 nitrogen and oxygen atoms in total. The molecular formula is C11H13NO6S. The summed E-state index contributed by atoms with van der Waals surface area (Å²) in [5, 5.41) is 7.40. The minimum absolute atomic E-state index is 0.0980. The molecule has 1 atom stereocenters. The number of sulfonamides is 1. The minimum Gasteiger partial charge on any atom is -0.496 e. The van der Waals surface area contributed by atoms with Crippen LogP contribution in [0.5, 0.6) is 5.75 Å². The van der Waals surface area contributed by atoms with Gasteiger partial charge in [0.15, 0.2) is 0 Å². The zero-order valence-electron chi connectivity index (χ0n) is 10.3. The third kappa shape index (κ3) is 3.52. The molecule has 0 spiro atoms. The van der Waals surface area contributed by atoms with Crippen molar-refractivity contribution in [2.75, 3.05) is 7.11 Å². The lowest BCUT2D eigenvalue weighted by Crippen LogP contribution is -2.41. The van der Waals surface area contributed by atoms with Crippen molar-refractivity contribution in [2.45, 2.75) is 13.0 Å². The van der Waals surface area contributed by atoms with Gasteiger partial charge in [-0.05, 0) is 19.1 Å². The number of rotatable bonds is 5. The Morgan fingerprint density at radius 2 is 1.89 bits per heavy atom. The Hall–Kier alpha value is -1.93. The maximum absolute atomic E-state index is 11.9. The van der Waals surface area contributed by atoms with Gasteiger partial charge in [-0.25, -0.2) is 8.42 Å². The first-order valence-electron chi connectivity index (χ1n) is 5.22. The van der Waals surface area contributed by atoms with Crippen LogP contribution in [-0.2, 0) is 14.8 Å². The number of carboxylic acids is 1. The van der Waals surface area contributed by atoms with Crippen molar-refractivity contribution in [2.24, 2.45) is 0 Å². The van der Waals surface area contributed by atoms with Crippen LogP contribution in [0, 0.1) is 0 Å². The summed E-state index contributed by atoms with van der Waals surface area (Å²) in [6.45, 7) is 1.12. The number of nitrogens with one attached hydrogen (secondary N) is 1. The fraction of sp³-hybridized carbons (Fsp3) is 0.273. The van der Waals surface area contributed by atoms with Crippen molar-refractivity contribution >= 4 is 21.1 Å². The van der Waals surface area contributed by atoms with Crippen LogP contribution in [0.4, 0.5) is 0 Å². The Labute approximate surface area is 110 Å². The van der Waals surface area contributed by atoms with Gasteiger partial charge < -0.3 is 9.84 Å². The molecular weight excluding hydrogens is 274 g/mol. The second-order valence-corrected chi connectivity index (χ2v) is 5.28. The smallest absolute Gasteiger partial charge is 0.321 e. The summed E-state index contributed by atoms with van der Waals surface area (Å²) < 4.78 is 30.1. The summed E-state index contributed by atoms with van der Waals surface area (Å²) in [5.74, 6) is -1.28. The monoisotopic (exact) mass is 287 g/mol. The third-order valence-electron chi connectivity index (χ3n) is 2.27. The highest BCUT2D eigenvalue weighted by Gasteiger charge is 2.29. The number of carboxylic acid groups (broad SMARTS) is 1.